The first-order valence-corrected chi connectivity index (χ1v) is 11.0. The first-order valence-electron chi connectivity index (χ1n) is 10.1. The van der Waals surface area contributed by atoms with Crippen molar-refractivity contribution in [1.29, 1.82) is 0 Å². The van der Waals surface area contributed by atoms with E-state index in [4.69, 9.17) is 4.98 Å². The standard InChI is InChI=1S/C23H30N4OS/c1-8-14(4)24-22(28)20-15(5)19-21(25-16(6)26-23(19)29-20)27(7)18-11-9-17(10-12-18)13(2)3/h9-14H,8H2,1-7H3,(H,24,28)/t14-/m0/s1. The van der Waals surface area contributed by atoms with Gasteiger partial charge in [0.25, 0.3) is 5.91 Å². The molecular weight excluding hydrogens is 380 g/mol. The molecule has 0 bridgehead atoms. The topological polar surface area (TPSA) is 58.1 Å². The summed E-state index contributed by atoms with van der Waals surface area (Å²) in [4.78, 5) is 25.8. The summed E-state index contributed by atoms with van der Waals surface area (Å²) in [7, 11) is 2.02. The fraction of sp³-hybridized carbons (Fsp3) is 0.435. The van der Waals surface area contributed by atoms with E-state index >= 15 is 0 Å². The Bertz CT molecular complexity index is 1020. The summed E-state index contributed by atoms with van der Waals surface area (Å²) in [5.41, 5.74) is 3.30. The van der Waals surface area contributed by atoms with Gasteiger partial charge < -0.3 is 10.2 Å². The van der Waals surface area contributed by atoms with Crippen LogP contribution in [-0.2, 0) is 0 Å². The van der Waals surface area contributed by atoms with Gasteiger partial charge in [-0.05, 0) is 56.4 Å². The lowest BCUT2D eigenvalue weighted by molar-refractivity contribution is 0.0943. The van der Waals surface area contributed by atoms with Crippen molar-refractivity contribution in [3.8, 4) is 0 Å². The second kappa shape index (κ2) is 8.49. The van der Waals surface area contributed by atoms with Crippen LogP contribution in [0.3, 0.4) is 0 Å². The van der Waals surface area contributed by atoms with Crippen LogP contribution in [0.1, 0.15) is 66.7 Å². The zero-order valence-electron chi connectivity index (χ0n) is 18.3. The van der Waals surface area contributed by atoms with Crippen molar-refractivity contribution in [2.75, 3.05) is 11.9 Å². The van der Waals surface area contributed by atoms with Crippen LogP contribution in [-0.4, -0.2) is 29.0 Å². The van der Waals surface area contributed by atoms with Crippen molar-refractivity contribution in [2.45, 2.75) is 59.9 Å². The average molecular weight is 411 g/mol. The number of carbonyl (C=O) groups excluding carboxylic acids is 1. The van der Waals surface area contributed by atoms with Crippen molar-refractivity contribution in [1.82, 2.24) is 15.3 Å². The molecule has 2 aromatic heterocycles. The summed E-state index contributed by atoms with van der Waals surface area (Å²) < 4.78 is 0. The highest BCUT2D eigenvalue weighted by Crippen LogP contribution is 2.37. The summed E-state index contributed by atoms with van der Waals surface area (Å²) in [5, 5.41) is 4.02. The molecule has 0 aliphatic rings. The van der Waals surface area contributed by atoms with E-state index in [-0.39, 0.29) is 11.9 Å². The van der Waals surface area contributed by atoms with Crippen LogP contribution in [0.15, 0.2) is 24.3 Å². The number of anilines is 2. The van der Waals surface area contributed by atoms with Crippen molar-refractivity contribution in [3.63, 3.8) is 0 Å². The number of aromatic nitrogens is 2. The Morgan fingerprint density at radius 2 is 1.79 bits per heavy atom. The molecule has 0 spiro atoms. The van der Waals surface area contributed by atoms with Gasteiger partial charge in [-0.1, -0.05) is 32.9 Å². The van der Waals surface area contributed by atoms with Gasteiger partial charge in [0.15, 0.2) is 0 Å². The maximum atomic E-state index is 12.8. The van der Waals surface area contributed by atoms with Gasteiger partial charge in [0.1, 0.15) is 16.5 Å². The normalized spacial score (nSPS) is 12.4. The fourth-order valence-electron chi connectivity index (χ4n) is 3.28. The third-order valence-corrected chi connectivity index (χ3v) is 6.53. The molecule has 0 saturated carbocycles. The zero-order chi connectivity index (χ0) is 21.3. The van der Waals surface area contributed by atoms with Gasteiger partial charge in [0, 0.05) is 18.8 Å². The molecule has 0 fully saturated rings. The minimum Gasteiger partial charge on any atom is -0.349 e. The predicted molar refractivity (Wildman–Crippen MR) is 123 cm³/mol. The highest BCUT2D eigenvalue weighted by Gasteiger charge is 2.22. The molecule has 3 rings (SSSR count). The Labute approximate surface area is 177 Å². The summed E-state index contributed by atoms with van der Waals surface area (Å²) in [5.74, 6) is 2.00. The number of nitrogens with one attached hydrogen (secondary N) is 1. The Morgan fingerprint density at radius 1 is 1.14 bits per heavy atom. The third-order valence-electron chi connectivity index (χ3n) is 5.34. The minimum absolute atomic E-state index is 0.0348. The molecular formula is C23H30N4OS. The van der Waals surface area contributed by atoms with Crippen molar-refractivity contribution < 1.29 is 4.79 Å². The average Bonchev–Trinajstić information content (AvgIpc) is 3.03. The molecule has 0 unspecified atom stereocenters. The van der Waals surface area contributed by atoms with Gasteiger partial charge >= 0.3 is 0 Å². The van der Waals surface area contributed by atoms with Crippen molar-refractivity contribution in [3.05, 3.63) is 46.1 Å². The minimum atomic E-state index is -0.0348. The number of benzene rings is 1. The Balaban J connectivity index is 2.06. The van der Waals surface area contributed by atoms with E-state index in [9.17, 15) is 4.79 Å². The number of carbonyl (C=O) groups is 1. The number of nitrogens with zero attached hydrogens (tertiary/aromatic N) is 3. The maximum absolute atomic E-state index is 12.8. The quantitative estimate of drug-likeness (QED) is 0.564. The van der Waals surface area contributed by atoms with Crippen LogP contribution in [0.5, 0.6) is 0 Å². The molecule has 1 atom stereocenters. The van der Waals surface area contributed by atoms with E-state index in [0.29, 0.717) is 16.6 Å². The van der Waals surface area contributed by atoms with Gasteiger partial charge in [-0.15, -0.1) is 11.3 Å². The summed E-state index contributed by atoms with van der Waals surface area (Å²) in [6, 6.07) is 8.70. The molecule has 5 nitrogen and oxygen atoms in total. The highest BCUT2D eigenvalue weighted by molar-refractivity contribution is 7.20. The molecule has 1 N–H and O–H groups in total. The van der Waals surface area contributed by atoms with Gasteiger partial charge in [0.05, 0.1) is 10.3 Å². The summed E-state index contributed by atoms with van der Waals surface area (Å²) in [6.45, 7) is 12.3. The van der Waals surface area contributed by atoms with E-state index in [1.807, 2.05) is 27.8 Å². The van der Waals surface area contributed by atoms with Gasteiger partial charge in [-0.25, -0.2) is 9.97 Å². The molecule has 1 aromatic carbocycles. The second-order valence-electron chi connectivity index (χ2n) is 7.92. The van der Waals surface area contributed by atoms with Gasteiger partial charge in [0.2, 0.25) is 0 Å². The Morgan fingerprint density at radius 3 is 2.38 bits per heavy atom. The smallest absolute Gasteiger partial charge is 0.261 e. The first-order chi connectivity index (χ1) is 13.7. The summed E-state index contributed by atoms with van der Waals surface area (Å²) in [6.07, 6.45) is 0.898. The van der Waals surface area contributed by atoms with Crippen LogP contribution in [0.25, 0.3) is 10.2 Å². The molecule has 2 heterocycles. The molecule has 29 heavy (non-hydrogen) atoms. The van der Waals surface area contributed by atoms with Crippen LogP contribution >= 0.6 is 11.3 Å². The van der Waals surface area contributed by atoms with E-state index < -0.39 is 0 Å². The Hall–Kier alpha value is -2.47. The van der Waals surface area contributed by atoms with E-state index in [2.05, 4.69) is 60.2 Å². The number of amides is 1. The van der Waals surface area contributed by atoms with E-state index in [1.54, 1.807) is 0 Å². The molecule has 6 heteroatoms. The zero-order valence-corrected chi connectivity index (χ0v) is 19.1. The monoisotopic (exact) mass is 410 g/mol. The molecule has 0 saturated heterocycles. The number of fused-ring (bicyclic) bond motifs is 1. The molecule has 3 aromatic rings. The Kier molecular flexibility index (Phi) is 6.22. The lowest BCUT2D eigenvalue weighted by atomic mass is 10.0. The number of rotatable bonds is 6. The molecule has 0 aliphatic carbocycles. The SMILES string of the molecule is CC[C@H](C)NC(=O)c1sc2nc(C)nc(N(C)c3ccc(C(C)C)cc3)c2c1C. The fourth-order valence-corrected chi connectivity index (χ4v) is 4.40. The predicted octanol–water partition coefficient (Wildman–Crippen LogP) is 5.73. The van der Waals surface area contributed by atoms with Crippen LogP contribution < -0.4 is 10.2 Å². The molecule has 1 amide bonds. The number of hydrogen-bond acceptors (Lipinski definition) is 5. The maximum Gasteiger partial charge on any atom is 0.261 e. The van der Waals surface area contributed by atoms with Crippen molar-refractivity contribution in [2.24, 2.45) is 0 Å². The lowest BCUT2D eigenvalue weighted by Crippen LogP contribution is -2.31. The van der Waals surface area contributed by atoms with Crippen LogP contribution in [0, 0.1) is 13.8 Å². The van der Waals surface area contributed by atoms with Gasteiger partial charge in [-0.3, -0.25) is 4.79 Å². The van der Waals surface area contributed by atoms with Gasteiger partial charge in [-0.2, -0.15) is 0 Å². The lowest BCUT2D eigenvalue weighted by Gasteiger charge is -2.21. The molecule has 0 radical (unpaired) electrons. The van der Waals surface area contributed by atoms with Crippen LogP contribution in [0.4, 0.5) is 11.5 Å². The van der Waals surface area contributed by atoms with E-state index in [1.165, 1.54) is 16.9 Å². The summed E-state index contributed by atoms with van der Waals surface area (Å²) >= 11 is 1.44. The second-order valence-corrected chi connectivity index (χ2v) is 8.92. The number of hydrogen-bond donors (Lipinski definition) is 1. The number of aryl methyl sites for hydroxylation is 2. The molecule has 154 valence electrons. The van der Waals surface area contributed by atoms with E-state index in [0.717, 1.165) is 33.7 Å². The highest BCUT2D eigenvalue weighted by atomic mass is 32.1. The first kappa shape index (κ1) is 21.2. The van der Waals surface area contributed by atoms with Crippen molar-refractivity contribution >= 4 is 39.0 Å². The largest absolute Gasteiger partial charge is 0.349 e. The third kappa shape index (κ3) is 4.27. The number of thiophene rings is 1. The molecule has 0 aliphatic heterocycles. The van der Waals surface area contributed by atoms with Crippen LogP contribution in [0.2, 0.25) is 0 Å².